The van der Waals surface area contributed by atoms with E-state index in [-0.39, 0.29) is 11.9 Å². The second-order valence-corrected chi connectivity index (χ2v) is 5.25. The van der Waals surface area contributed by atoms with Gasteiger partial charge in [0.25, 0.3) is 0 Å². The number of rotatable bonds is 7. The van der Waals surface area contributed by atoms with Gasteiger partial charge in [0.15, 0.2) is 0 Å². The third kappa shape index (κ3) is 4.94. The fourth-order valence-corrected chi connectivity index (χ4v) is 2.88. The first kappa shape index (κ1) is 15.4. The SMILES string of the molecule is CCNC(CCN1CCCCCC1CC)C(N)=O. The second-order valence-electron chi connectivity index (χ2n) is 5.25. The highest BCUT2D eigenvalue weighted by atomic mass is 16.1. The van der Waals surface area contributed by atoms with Crippen LogP contribution in [0.4, 0.5) is 0 Å². The Hall–Kier alpha value is -0.610. The van der Waals surface area contributed by atoms with E-state index in [0.29, 0.717) is 6.04 Å². The van der Waals surface area contributed by atoms with Gasteiger partial charge in [-0.05, 0) is 38.8 Å². The van der Waals surface area contributed by atoms with Crippen LogP contribution in [0.25, 0.3) is 0 Å². The molecule has 1 rings (SSSR count). The Morgan fingerprint density at radius 1 is 1.39 bits per heavy atom. The molecule has 2 unspecified atom stereocenters. The van der Waals surface area contributed by atoms with Crippen LogP contribution < -0.4 is 11.1 Å². The molecule has 1 amide bonds. The van der Waals surface area contributed by atoms with Gasteiger partial charge >= 0.3 is 0 Å². The van der Waals surface area contributed by atoms with Gasteiger partial charge in [0.2, 0.25) is 5.91 Å². The number of hydrogen-bond donors (Lipinski definition) is 2. The second kappa shape index (κ2) is 8.48. The third-order valence-electron chi connectivity index (χ3n) is 3.97. The van der Waals surface area contributed by atoms with Gasteiger partial charge in [-0.25, -0.2) is 0 Å². The maximum Gasteiger partial charge on any atom is 0.234 e. The molecule has 3 N–H and O–H groups in total. The van der Waals surface area contributed by atoms with Crippen LogP contribution in [-0.2, 0) is 4.79 Å². The first-order valence-corrected chi connectivity index (χ1v) is 7.45. The van der Waals surface area contributed by atoms with E-state index in [2.05, 4.69) is 17.1 Å². The molecule has 1 aliphatic rings. The Balaban J connectivity index is 2.44. The van der Waals surface area contributed by atoms with Gasteiger partial charge in [0.1, 0.15) is 0 Å². The zero-order valence-electron chi connectivity index (χ0n) is 12.0. The number of carbonyl (C=O) groups excluding carboxylic acids is 1. The first-order chi connectivity index (χ1) is 8.69. The molecule has 18 heavy (non-hydrogen) atoms. The molecule has 0 aromatic rings. The van der Waals surface area contributed by atoms with E-state index in [9.17, 15) is 4.79 Å². The number of primary amides is 1. The lowest BCUT2D eigenvalue weighted by atomic mass is 10.1. The maximum absolute atomic E-state index is 11.3. The van der Waals surface area contributed by atoms with E-state index in [1.807, 2.05) is 6.92 Å². The minimum absolute atomic E-state index is 0.171. The monoisotopic (exact) mass is 255 g/mol. The molecule has 4 nitrogen and oxygen atoms in total. The highest BCUT2D eigenvalue weighted by Crippen LogP contribution is 2.19. The number of nitrogens with one attached hydrogen (secondary N) is 1. The average molecular weight is 255 g/mol. The highest BCUT2D eigenvalue weighted by Gasteiger charge is 2.21. The number of nitrogens with two attached hydrogens (primary N) is 1. The molecule has 0 spiro atoms. The largest absolute Gasteiger partial charge is 0.368 e. The molecule has 4 heteroatoms. The number of likely N-dealkylation sites (tertiary alicyclic amines) is 1. The van der Waals surface area contributed by atoms with E-state index in [4.69, 9.17) is 5.73 Å². The van der Waals surface area contributed by atoms with Crippen molar-refractivity contribution in [3.63, 3.8) is 0 Å². The first-order valence-electron chi connectivity index (χ1n) is 7.45. The number of likely N-dealkylation sites (N-methyl/N-ethyl adjacent to an activating group) is 1. The Kier molecular flexibility index (Phi) is 7.28. The number of nitrogens with zero attached hydrogens (tertiary/aromatic N) is 1. The van der Waals surface area contributed by atoms with Crippen LogP contribution in [0.15, 0.2) is 0 Å². The molecule has 0 aromatic heterocycles. The van der Waals surface area contributed by atoms with Crippen molar-refractivity contribution in [1.82, 2.24) is 10.2 Å². The molecular weight excluding hydrogens is 226 g/mol. The lowest BCUT2D eigenvalue weighted by Gasteiger charge is -2.30. The molecule has 1 fully saturated rings. The van der Waals surface area contributed by atoms with Crippen molar-refractivity contribution < 1.29 is 4.79 Å². The Morgan fingerprint density at radius 3 is 2.78 bits per heavy atom. The van der Waals surface area contributed by atoms with Gasteiger partial charge in [-0.2, -0.15) is 0 Å². The molecule has 2 atom stereocenters. The number of amides is 1. The average Bonchev–Trinajstić information content (AvgIpc) is 2.58. The summed E-state index contributed by atoms with van der Waals surface area (Å²) in [7, 11) is 0. The van der Waals surface area contributed by atoms with E-state index in [0.717, 1.165) is 19.5 Å². The van der Waals surface area contributed by atoms with Crippen molar-refractivity contribution in [1.29, 1.82) is 0 Å². The van der Waals surface area contributed by atoms with Crippen molar-refractivity contribution in [3.05, 3.63) is 0 Å². The predicted molar refractivity (Wildman–Crippen MR) is 75.4 cm³/mol. The molecule has 1 heterocycles. The van der Waals surface area contributed by atoms with Crippen molar-refractivity contribution in [2.45, 2.75) is 64.5 Å². The quantitative estimate of drug-likeness (QED) is 0.725. The smallest absolute Gasteiger partial charge is 0.234 e. The molecule has 1 aliphatic heterocycles. The number of carbonyl (C=O) groups is 1. The van der Waals surface area contributed by atoms with Crippen LogP contribution in [-0.4, -0.2) is 42.5 Å². The summed E-state index contributed by atoms with van der Waals surface area (Å²) < 4.78 is 0. The van der Waals surface area contributed by atoms with Crippen LogP contribution in [0.2, 0.25) is 0 Å². The summed E-state index contributed by atoms with van der Waals surface area (Å²) in [6.45, 7) is 7.23. The minimum Gasteiger partial charge on any atom is -0.368 e. The minimum atomic E-state index is -0.222. The van der Waals surface area contributed by atoms with Gasteiger partial charge in [-0.1, -0.05) is 26.7 Å². The van der Waals surface area contributed by atoms with Crippen molar-refractivity contribution in [2.24, 2.45) is 5.73 Å². The van der Waals surface area contributed by atoms with Gasteiger partial charge < -0.3 is 16.0 Å². The molecule has 0 aliphatic carbocycles. The van der Waals surface area contributed by atoms with Crippen LogP contribution >= 0.6 is 0 Å². The van der Waals surface area contributed by atoms with Crippen molar-refractivity contribution in [2.75, 3.05) is 19.6 Å². The van der Waals surface area contributed by atoms with Crippen LogP contribution in [0.5, 0.6) is 0 Å². The van der Waals surface area contributed by atoms with Gasteiger partial charge in [-0.15, -0.1) is 0 Å². The molecule has 106 valence electrons. The lowest BCUT2D eigenvalue weighted by Crippen LogP contribution is -2.45. The Morgan fingerprint density at radius 2 is 2.17 bits per heavy atom. The standard InChI is InChI=1S/C14H29N3O/c1-3-12-8-6-5-7-10-17(12)11-9-13(14(15)18)16-4-2/h12-13,16H,3-11H2,1-2H3,(H2,15,18). The zero-order chi connectivity index (χ0) is 13.4. The molecular formula is C14H29N3O. The Labute approximate surface area is 111 Å². The summed E-state index contributed by atoms with van der Waals surface area (Å²) in [6.07, 6.45) is 7.33. The Bertz CT molecular complexity index is 245. The number of hydrogen-bond acceptors (Lipinski definition) is 3. The zero-order valence-corrected chi connectivity index (χ0v) is 12.0. The summed E-state index contributed by atoms with van der Waals surface area (Å²) in [4.78, 5) is 13.9. The highest BCUT2D eigenvalue weighted by molar-refractivity contribution is 5.79. The van der Waals surface area contributed by atoms with Gasteiger partial charge in [-0.3, -0.25) is 4.79 Å². The van der Waals surface area contributed by atoms with Gasteiger partial charge in [0.05, 0.1) is 6.04 Å². The van der Waals surface area contributed by atoms with E-state index in [1.54, 1.807) is 0 Å². The molecule has 0 aromatic carbocycles. The summed E-state index contributed by atoms with van der Waals surface area (Å²) >= 11 is 0. The van der Waals surface area contributed by atoms with Crippen molar-refractivity contribution in [3.8, 4) is 0 Å². The molecule has 0 saturated carbocycles. The van der Waals surface area contributed by atoms with E-state index in [1.165, 1.54) is 38.6 Å². The van der Waals surface area contributed by atoms with Gasteiger partial charge in [0, 0.05) is 12.6 Å². The predicted octanol–water partition coefficient (Wildman–Crippen LogP) is 1.49. The van der Waals surface area contributed by atoms with Crippen molar-refractivity contribution >= 4 is 5.91 Å². The van der Waals surface area contributed by atoms with Crippen LogP contribution in [0.1, 0.15) is 52.4 Å². The normalized spacial score (nSPS) is 23.6. The fraction of sp³-hybridized carbons (Fsp3) is 0.929. The maximum atomic E-state index is 11.3. The summed E-state index contributed by atoms with van der Waals surface area (Å²) in [5.74, 6) is -0.222. The lowest BCUT2D eigenvalue weighted by molar-refractivity contribution is -0.120. The summed E-state index contributed by atoms with van der Waals surface area (Å²) in [6, 6.07) is 0.526. The van der Waals surface area contributed by atoms with E-state index >= 15 is 0 Å². The summed E-state index contributed by atoms with van der Waals surface area (Å²) in [5, 5.41) is 3.17. The third-order valence-corrected chi connectivity index (χ3v) is 3.97. The summed E-state index contributed by atoms with van der Waals surface area (Å²) in [5.41, 5.74) is 5.42. The molecule has 0 radical (unpaired) electrons. The van der Waals surface area contributed by atoms with Crippen LogP contribution in [0.3, 0.4) is 0 Å². The van der Waals surface area contributed by atoms with E-state index < -0.39 is 0 Å². The fourth-order valence-electron chi connectivity index (χ4n) is 2.88. The molecule has 0 bridgehead atoms. The van der Waals surface area contributed by atoms with Crippen LogP contribution in [0, 0.1) is 0 Å². The molecule has 1 saturated heterocycles. The topological polar surface area (TPSA) is 58.4 Å².